The van der Waals surface area contributed by atoms with Crippen LogP contribution in [0, 0.1) is 47.6 Å². The van der Waals surface area contributed by atoms with Crippen molar-refractivity contribution >= 4 is 34.7 Å². The number of hydrogen-bond donors (Lipinski definition) is 8. The number of aromatic nitrogens is 18. The number of carbonyl (C=O) groups excluding carboxylic acids is 3. The molecule has 1 aliphatic carbocycles. The van der Waals surface area contributed by atoms with E-state index in [1.807, 2.05) is 156 Å². The molecule has 2 amide bonds. The lowest BCUT2D eigenvalue weighted by atomic mass is 9.89. The Kier molecular flexibility index (Phi) is 43.5. The van der Waals surface area contributed by atoms with Crippen LogP contribution in [0.25, 0.3) is 22.6 Å². The number of carbonyl (C=O) groups is 3. The molecule has 0 bridgehead atoms. The van der Waals surface area contributed by atoms with Crippen molar-refractivity contribution in [1.82, 2.24) is 101 Å². The van der Waals surface area contributed by atoms with Gasteiger partial charge in [-0.1, -0.05) is 265 Å². The smallest absolute Gasteiger partial charge is 0.273 e. The molecule has 3 aliphatic heterocycles. The van der Waals surface area contributed by atoms with Gasteiger partial charge in [0.15, 0.2) is 17.4 Å². The summed E-state index contributed by atoms with van der Waals surface area (Å²) in [5, 5.41) is 54.9. The minimum Gasteiger partial charge on any atom is -0.496 e. The summed E-state index contributed by atoms with van der Waals surface area (Å²) in [7, 11) is 6.96. The van der Waals surface area contributed by atoms with Crippen LogP contribution in [0.1, 0.15) is 357 Å². The number of aromatic amines is 7. The Balaban J connectivity index is 0.000000324. The molecule has 1 aromatic carbocycles. The molecule has 9 aromatic heterocycles. The zero-order valence-corrected chi connectivity index (χ0v) is 93.4. The number of halogens is 3. The van der Waals surface area contributed by atoms with Crippen molar-refractivity contribution in [3.05, 3.63) is 218 Å². The van der Waals surface area contributed by atoms with E-state index in [0.29, 0.717) is 70.5 Å². The van der Waals surface area contributed by atoms with Crippen LogP contribution in [0.2, 0.25) is 0 Å². The van der Waals surface area contributed by atoms with E-state index in [0.717, 1.165) is 112 Å². The Hall–Kier alpha value is -12.1. The van der Waals surface area contributed by atoms with Gasteiger partial charge in [0, 0.05) is 165 Å². The van der Waals surface area contributed by atoms with Crippen LogP contribution in [0.15, 0.2) is 147 Å². The third-order valence-electron chi connectivity index (χ3n) is 21.9. The van der Waals surface area contributed by atoms with E-state index < -0.39 is 0 Å². The molecule has 141 heavy (non-hydrogen) atoms. The van der Waals surface area contributed by atoms with Gasteiger partial charge in [-0.2, -0.15) is 35.7 Å². The minimum atomic E-state index is -0.266. The Morgan fingerprint density at radius 3 is 1.35 bits per heavy atom. The Morgan fingerprint density at radius 1 is 0.504 bits per heavy atom. The number of nitrogens with one attached hydrogen (secondary N) is 8. The number of allylic oxidation sites excluding steroid dienone is 3. The van der Waals surface area contributed by atoms with Crippen molar-refractivity contribution in [2.24, 2.45) is 44.2 Å². The van der Waals surface area contributed by atoms with Crippen molar-refractivity contribution in [2.45, 2.75) is 326 Å². The molecule has 1 fully saturated rings. The van der Waals surface area contributed by atoms with Crippen molar-refractivity contribution in [1.29, 1.82) is 0 Å². The molecule has 8 N–H and O–H groups in total. The molecular weight excluding hydrogens is 1780 g/mol. The average molecular weight is 1950 g/mol. The molecule has 776 valence electrons. The number of aryl methyl sites for hydroxylation is 3. The van der Waals surface area contributed by atoms with Crippen LogP contribution in [-0.2, 0) is 55.1 Å². The van der Waals surface area contributed by atoms with Gasteiger partial charge in [-0.3, -0.25) is 79.7 Å². The molecule has 0 spiro atoms. The van der Waals surface area contributed by atoms with E-state index in [1.54, 1.807) is 52.7 Å². The van der Waals surface area contributed by atoms with Gasteiger partial charge in [0.2, 0.25) is 5.88 Å². The van der Waals surface area contributed by atoms with Crippen molar-refractivity contribution in [2.75, 3.05) is 54.0 Å². The van der Waals surface area contributed by atoms with Gasteiger partial charge in [-0.15, -0.1) is 5.10 Å². The summed E-state index contributed by atoms with van der Waals surface area (Å²) in [6.07, 6.45) is 13.6. The van der Waals surface area contributed by atoms with Crippen LogP contribution in [0.4, 0.5) is 13.2 Å². The van der Waals surface area contributed by atoms with E-state index in [2.05, 4.69) is 298 Å². The third-order valence-corrected chi connectivity index (χ3v) is 21.9. The maximum Gasteiger partial charge on any atom is 0.273 e. The molecule has 10 aromatic rings. The van der Waals surface area contributed by atoms with E-state index >= 15 is 0 Å². The molecule has 0 atom stereocenters. The van der Waals surface area contributed by atoms with Crippen molar-refractivity contribution in [3.8, 4) is 28.5 Å². The fourth-order valence-corrected chi connectivity index (χ4v) is 12.7. The van der Waals surface area contributed by atoms with E-state index in [1.165, 1.54) is 23.1 Å². The number of hydrogen-bond acceptors (Lipinski definition) is 18. The van der Waals surface area contributed by atoms with Gasteiger partial charge in [-0.05, 0) is 113 Å². The van der Waals surface area contributed by atoms with Crippen LogP contribution < -0.4 is 10.1 Å². The largest absolute Gasteiger partial charge is 0.496 e. The predicted molar refractivity (Wildman–Crippen MR) is 570 cm³/mol. The number of nitrogens with zero attached hydrogens (tertiary/aromatic N) is 15. The van der Waals surface area contributed by atoms with Gasteiger partial charge >= 0.3 is 0 Å². The number of rotatable bonds is 11. The maximum absolute atomic E-state index is 14.3. The fraction of sp³-hybridized carbons (Fsp3) is 0.564. The Bertz CT molecular complexity index is 5860. The zero-order chi connectivity index (χ0) is 108. The predicted octanol–water partition coefficient (Wildman–Crippen LogP) is 24.9. The Morgan fingerprint density at radius 2 is 0.993 bits per heavy atom. The third kappa shape index (κ3) is 39.4. The highest BCUT2D eigenvalue weighted by Crippen LogP contribution is 2.43. The van der Waals surface area contributed by atoms with Crippen LogP contribution in [0.3, 0.4) is 0 Å². The molecule has 28 nitrogen and oxygen atoms in total. The number of aliphatic imine (C=N–C) groups is 3. The molecular formula is C110H170F3N23O5. The summed E-state index contributed by atoms with van der Waals surface area (Å²) in [6, 6.07) is 19.1. The molecule has 4 aliphatic rings. The quantitative estimate of drug-likeness (QED) is 0.0558. The maximum atomic E-state index is 14.3. The summed E-state index contributed by atoms with van der Waals surface area (Å²) in [5.74, 6) is 1.51. The summed E-state index contributed by atoms with van der Waals surface area (Å²) in [4.78, 5) is 56.5. The first kappa shape index (κ1) is 121. The first-order chi connectivity index (χ1) is 64.6. The standard InChI is InChI=1S/C14H17FN2.C11H16FN.C11H14N4.C11H17N.C10H17N3O.C10H17NO.C9H15N3O.C9H14N2O.C9H16N2O.C8H13FN2.C8H14N2/c1-9-7-5-6-8-10(9)12-11(15)13(17-16-12)14(2,3)4;1-11(2,3)10-9(12)8(6-13-10)7-4-5-7;1-11(2,3)10-6-8(14-15-10)9-7-12-4-5-13-9;1-8(2)9-6-10(12-7-9)11(3,4)5;1-10(2,3)8-6-7(11-12-8)9(14)13(4)5;1-5-12-8-6-9(11-7-8)10(2,3)4;1-9(2,3)7-5-6(11-12-7)8(13)10-4;1-6(12)7-5-8(11-10-7)9(2,3)4;1-5-12-8-6-7(10-11-8)9(2,3)4;1-5-6(9)7(11-10-5)8(2,3)4;1-8(2,3)7-5-6-10(4)9-7/h5-8H,1-4H3,(H,16,17);7H,4-6H2,1-3H3;4-7H,1-3H3,(H,14,15);6H,1,7H2,2-5H3;6H,1-5H3,(H,11,12);6H,5,7H2,1-4H3;5H,1-4H3,(H,10,13)(H,11,12);5H,1-4H3,(H,10,11);6H,5H2,1-4H3,(H,10,11);1-4H3,(H,10,11);5-6H,1-4H3. The molecule has 1 saturated carbocycles. The second kappa shape index (κ2) is 50.6. The number of H-pyrrole nitrogens is 7. The fourth-order valence-electron chi connectivity index (χ4n) is 12.7. The van der Waals surface area contributed by atoms with Gasteiger partial charge in [0.05, 0.1) is 61.8 Å². The molecule has 14 rings (SSSR count). The van der Waals surface area contributed by atoms with Crippen LogP contribution >= 0.6 is 0 Å². The highest BCUT2D eigenvalue weighted by Gasteiger charge is 2.37. The second-order valence-corrected chi connectivity index (χ2v) is 47.0. The van der Waals surface area contributed by atoms with Crippen LogP contribution in [-0.4, -0.2) is 185 Å². The zero-order valence-electron chi connectivity index (χ0n) is 93.4. The van der Waals surface area contributed by atoms with E-state index in [4.69, 9.17) is 9.47 Å². The van der Waals surface area contributed by atoms with Crippen LogP contribution in [0.5, 0.6) is 5.88 Å². The molecule has 0 radical (unpaired) electrons. The summed E-state index contributed by atoms with van der Waals surface area (Å²) >= 11 is 0. The lowest BCUT2D eigenvalue weighted by molar-refractivity contribution is 0.0821. The number of benzene rings is 1. The first-order valence-electron chi connectivity index (χ1n) is 48.5. The van der Waals surface area contributed by atoms with E-state index in [9.17, 15) is 27.6 Å². The highest BCUT2D eigenvalue weighted by atomic mass is 19.1. The summed E-state index contributed by atoms with van der Waals surface area (Å²) < 4.78 is 53.7. The topological polar surface area (TPSA) is 366 Å². The number of ketones is 1. The van der Waals surface area contributed by atoms with Gasteiger partial charge < -0.3 is 19.7 Å². The molecule has 0 saturated heterocycles. The second-order valence-electron chi connectivity index (χ2n) is 47.0. The summed E-state index contributed by atoms with van der Waals surface area (Å²) in [5.41, 5.74) is 19.7. The number of ether oxygens (including phenoxy) is 2. The van der Waals surface area contributed by atoms with Crippen molar-refractivity contribution in [3.63, 3.8) is 0 Å². The lowest BCUT2D eigenvalue weighted by Gasteiger charge is -2.17. The number of Topliss-reactive ketones (excluding diaryl/α,β-unsaturated/α-hetero) is 1. The normalized spacial score (nSPS) is 13.8. The monoisotopic (exact) mass is 1950 g/mol. The first-order valence-corrected chi connectivity index (χ1v) is 48.5. The highest BCUT2D eigenvalue weighted by molar-refractivity contribution is 6.04. The summed E-state index contributed by atoms with van der Waals surface area (Å²) in [6.45, 7) is 87.3. The van der Waals surface area contributed by atoms with Gasteiger partial charge in [-0.25, -0.2) is 13.2 Å². The molecule has 31 heteroatoms. The van der Waals surface area contributed by atoms with Gasteiger partial charge in [0.1, 0.15) is 51.4 Å². The molecule has 12 heterocycles. The minimum absolute atomic E-state index is 0.000723. The van der Waals surface area contributed by atoms with Crippen molar-refractivity contribution < 1.29 is 37.0 Å². The van der Waals surface area contributed by atoms with Gasteiger partial charge in [0.25, 0.3) is 11.8 Å². The lowest BCUT2D eigenvalue weighted by Crippen LogP contribution is -2.22. The number of amides is 2. The molecule has 0 unspecified atom stereocenters. The SMILES string of the molecule is C=C(C)C1=CC(C(C)(C)C)=NC1.CC(=O)c1cc(C(C)(C)C)[nH]n1.CC(C)(C)C1=NCC(C2CC2)=C1F.CC(C)(C)c1cc(-c2cnccn2)n[nH]1.CCOC1=CC(C(C)(C)C)=NC1.CCOc1cc(C(C)(C)C)[nH]n1.CN(C)C(=O)c1cc(C(C)(C)C)[nH]n1.CNC(=O)c1cc(C(C)(C)C)[nH]n1.Cc1[nH]nc(C(C)(C)C)c1F.Cc1ccccc1-c1n[nH]c(C(C)(C)C)c1F.Cn1ccc(C(C)(C)C)n1. The van der Waals surface area contributed by atoms with E-state index in [-0.39, 0.29) is 94.6 Å². The Labute approximate surface area is 839 Å². The average Bonchev–Trinajstić information content (AvgIpc) is 1.43.